The van der Waals surface area contributed by atoms with Crippen LogP contribution in [0.25, 0.3) is 0 Å². The molecule has 0 radical (unpaired) electrons. The van der Waals surface area contributed by atoms with Crippen molar-refractivity contribution in [3.05, 3.63) is 41.2 Å². The number of hydrogen-bond acceptors (Lipinski definition) is 8. The van der Waals surface area contributed by atoms with Crippen LogP contribution in [0, 0.1) is 0 Å². The highest BCUT2D eigenvalue weighted by Crippen LogP contribution is 2.29. The second-order valence-electron chi connectivity index (χ2n) is 6.33. The molecule has 0 amide bonds. The van der Waals surface area contributed by atoms with Crippen molar-refractivity contribution < 1.29 is 14.3 Å². The Balaban J connectivity index is 1.45. The molecule has 0 atom stereocenters. The number of hydrogen-bond donors (Lipinski definition) is 1. The molecule has 0 saturated carbocycles. The van der Waals surface area contributed by atoms with Crippen LogP contribution < -0.4 is 15.0 Å². The number of anilines is 2. The largest absolute Gasteiger partial charge is 0.495 e. The van der Waals surface area contributed by atoms with Crippen LogP contribution in [0.3, 0.4) is 0 Å². The third-order valence-corrected chi connectivity index (χ3v) is 4.95. The molecular formula is C19H24ClN5O3. The molecule has 2 aromatic rings. The molecule has 0 aliphatic carbocycles. The van der Waals surface area contributed by atoms with E-state index in [4.69, 9.17) is 16.3 Å². The molecule has 1 aliphatic rings. The van der Waals surface area contributed by atoms with Gasteiger partial charge in [0, 0.05) is 57.2 Å². The van der Waals surface area contributed by atoms with Crippen LogP contribution >= 0.6 is 11.6 Å². The fourth-order valence-electron chi connectivity index (χ4n) is 3.06. The smallest absolute Gasteiger partial charge is 0.356 e. The van der Waals surface area contributed by atoms with Crippen LogP contribution in [-0.2, 0) is 4.74 Å². The van der Waals surface area contributed by atoms with Crippen molar-refractivity contribution in [2.24, 2.45) is 0 Å². The van der Waals surface area contributed by atoms with Crippen molar-refractivity contribution >= 4 is 29.2 Å². The van der Waals surface area contributed by atoms with Gasteiger partial charge in [-0.1, -0.05) is 11.6 Å². The maximum atomic E-state index is 11.5. The van der Waals surface area contributed by atoms with E-state index in [-0.39, 0.29) is 5.69 Å². The number of rotatable bonds is 7. The molecule has 3 rings (SSSR count). The quantitative estimate of drug-likeness (QED) is 0.702. The van der Waals surface area contributed by atoms with Gasteiger partial charge in [-0.25, -0.2) is 14.8 Å². The number of esters is 1. The van der Waals surface area contributed by atoms with Crippen molar-refractivity contribution in [1.29, 1.82) is 0 Å². The monoisotopic (exact) mass is 405 g/mol. The molecule has 2 heterocycles. The van der Waals surface area contributed by atoms with Crippen molar-refractivity contribution in [3.8, 4) is 5.75 Å². The van der Waals surface area contributed by atoms with Gasteiger partial charge in [-0.3, -0.25) is 4.90 Å². The highest BCUT2D eigenvalue weighted by Gasteiger charge is 2.18. The summed E-state index contributed by atoms with van der Waals surface area (Å²) >= 11 is 6.11. The minimum atomic E-state index is -0.472. The zero-order valence-corrected chi connectivity index (χ0v) is 16.8. The molecule has 1 aromatic carbocycles. The maximum absolute atomic E-state index is 11.5. The summed E-state index contributed by atoms with van der Waals surface area (Å²) in [5.41, 5.74) is 1.36. The summed E-state index contributed by atoms with van der Waals surface area (Å²) < 4.78 is 9.98. The lowest BCUT2D eigenvalue weighted by Crippen LogP contribution is -2.47. The van der Waals surface area contributed by atoms with E-state index in [1.54, 1.807) is 13.3 Å². The molecule has 150 valence electrons. The number of nitrogens with zero attached hydrogens (tertiary/aromatic N) is 4. The van der Waals surface area contributed by atoms with E-state index in [2.05, 4.69) is 29.8 Å². The fraction of sp³-hybridized carbons (Fsp3) is 0.421. The lowest BCUT2D eigenvalue weighted by atomic mass is 10.2. The number of methoxy groups -OCH3 is 2. The van der Waals surface area contributed by atoms with Crippen molar-refractivity contribution in [2.75, 3.05) is 63.7 Å². The molecule has 1 aromatic heterocycles. The van der Waals surface area contributed by atoms with Crippen molar-refractivity contribution in [1.82, 2.24) is 14.9 Å². The highest BCUT2D eigenvalue weighted by molar-refractivity contribution is 6.32. The van der Waals surface area contributed by atoms with Gasteiger partial charge in [-0.05, 0) is 18.2 Å². The summed E-state index contributed by atoms with van der Waals surface area (Å²) in [7, 11) is 2.96. The Labute approximate surface area is 169 Å². The average molecular weight is 406 g/mol. The summed E-state index contributed by atoms with van der Waals surface area (Å²) in [6.07, 6.45) is 1.54. The first-order valence-corrected chi connectivity index (χ1v) is 9.44. The Bertz CT molecular complexity index is 812. The molecule has 0 bridgehead atoms. The SMILES string of the molecule is COC(=O)c1ccnc(NCCN2CCN(c3ccc(Cl)c(OC)c3)CC2)n1. The van der Waals surface area contributed by atoms with Gasteiger partial charge < -0.3 is 19.7 Å². The molecular weight excluding hydrogens is 382 g/mol. The standard InChI is InChI=1S/C19H24ClN5O3/c1-27-17-13-14(3-4-15(17)20)25-11-9-24(10-12-25)8-7-22-19-21-6-5-16(23-19)18(26)28-2/h3-6,13H,7-12H2,1-2H3,(H,21,22,23). The molecule has 1 aliphatic heterocycles. The first kappa shape index (κ1) is 20.2. The van der Waals surface area contributed by atoms with Crippen LogP contribution in [0.5, 0.6) is 5.75 Å². The van der Waals surface area contributed by atoms with E-state index in [0.717, 1.165) is 38.4 Å². The van der Waals surface area contributed by atoms with Gasteiger partial charge in [0.1, 0.15) is 5.75 Å². The average Bonchev–Trinajstić information content (AvgIpc) is 2.74. The molecule has 1 saturated heterocycles. The Hall–Kier alpha value is -2.58. The number of piperazine rings is 1. The molecule has 28 heavy (non-hydrogen) atoms. The van der Waals surface area contributed by atoms with Crippen LogP contribution in [-0.4, -0.2) is 74.3 Å². The normalized spacial score (nSPS) is 14.6. The van der Waals surface area contributed by atoms with Gasteiger partial charge in [0.15, 0.2) is 5.69 Å². The first-order chi connectivity index (χ1) is 13.6. The van der Waals surface area contributed by atoms with Crippen LogP contribution in [0.2, 0.25) is 5.02 Å². The molecule has 9 heteroatoms. The number of carbonyl (C=O) groups excluding carboxylic acids is 1. The van der Waals surface area contributed by atoms with E-state index in [1.165, 1.54) is 13.2 Å². The zero-order chi connectivity index (χ0) is 19.9. The Morgan fingerprint density at radius 3 is 2.71 bits per heavy atom. The second kappa shape index (κ2) is 9.57. The summed E-state index contributed by atoms with van der Waals surface area (Å²) in [6.45, 7) is 5.33. The van der Waals surface area contributed by atoms with E-state index in [9.17, 15) is 4.79 Å². The minimum absolute atomic E-state index is 0.243. The van der Waals surface area contributed by atoms with E-state index in [0.29, 0.717) is 23.3 Å². The summed E-state index contributed by atoms with van der Waals surface area (Å²) in [5, 5.41) is 3.78. The third kappa shape index (κ3) is 5.02. The van der Waals surface area contributed by atoms with Crippen LogP contribution in [0.15, 0.2) is 30.5 Å². The Morgan fingerprint density at radius 1 is 1.21 bits per heavy atom. The lowest BCUT2D eigenvalue weighted by molar-refractivity contribution is 0.0594. The van der Waals surface area contributed by atoms with Gasteiger partial charge in [-0.2, -0.15) is 0 Å². The first-order valence-electron chi connectivity index (χ1n) is 9.07. The fourth-order valence-corrected chi connectivity index (χ4v) is 3.26. The molecule has 1 N–H and O–H groups in total. The third-order valence-electron chi connectivity index (χ3n) is 4.63. The van der Waals surface area contributed by atoms with Crippen LogP contribution in [0.4, 0.5) is 11.6 Å². The predicted octanol–water partition coefficient (Wildman–Crippen LogP) is 2.16. The van der Waals surface area contributed by atoms with Gasteiger partial charge in [0.05, 0.1) is 19.2 Å². The van der Waals surface area contributed by atoms with Gasteiger partial charge in [0.2, 0.25) is 5.95 Å². The minimum Gasteiger partial charge on any atom is -0.495 e. The molecule has 0 spiro atoms. The van der Waals surface area contributed by atoms with Crippen molar-refractivity contribution in [2.45, 2.75) is 0 Å². The van der Waals surface area contributed by atoms with E-state index < -0.39 is 5.97 Å². The number of aromatic nitrogens is 2. The predicted molar refractivity (Wildman–Crippen MR) is 109 cm³/mol. The number of halogens is 1. The maximum Gasteiger partial charge on any atom is 0.356 e. The van der Waals surface area contributed by atoms with E-state index in [1.807, 2.05) is 18.2 Å². The summed E-state index contributed by atoms with van der Waals surface area (Å²) in [5.74, 6) is 0.648. The van der Waals surface area contributed by atoms with Gasteiger partial charge in [-0.15, -0.1) is 0 Å². The van der Waals surface area contributed by atoms with Gasteiger partial charge in [0.25, 0.3) is 0 Å². The molecule has 1 fully saturated rings. The number of benzene rings is 1. The Morgan fingerprint density at radius 2 is 2.00 bits per heavy atom. The zero-order valence-electron chi connectivity index (χ0n) is 16.0. The molecule has 8 nitrogen and oxygen atoms in total. The highest BCUT2D eigenvalue weighted by atomic mass is 35.5. The topological polar surface area (TPSA) is 79.8 Å². The summed E-state index contributed by atoms with van der Waals surface area (Å²) in [4.78, 5) is 24.5. The number of ether oxygens (including phenoxy) is 2. The second-order valence-corrected chi connectivity index (χ2v) is 6.74. The van der Waals surface area contributed by atoms with E-state index >= 15 is 0 Å². The van der Waals surface area contributed by atoms with Crippen LogP contribution in [0.1, 0.15) is 10.5 Å². The number of carbonyl (C=O) groups is 1. The number of nitrogens with one attached hydrogen (secondary N) is 1. The Kier molecular flexibility index (Phi) is 6.89. The van der Waals surface area contributed by atoms with Gasteiger partial charge >= 0.3 is 5.97 Å². The lowest BCUT2D eigenvalue weighted by Gasteiger charge is -2.36. The summed E-state index contributed by atoms with van der Waals surface area (Å²) in [6, 6.07) is 7.40. The van der Waals surface area contributed by atoms with Crippen molar-refractivity contribution in [3.63, 3.8) is 0 Å². The molecule has 0 unspecified atom stereocenters.